The van der Waals surface area contributed by atoms with Crippen LogP contribution in [0.5, 0.6) is 11.5 Å². The van der Waals surface area contributed by atoms with Crippen molar-refractivity contribution in [3.63, 3.8) is 0 Å². The lowest BCUT2D eigenvalue weighted by atomic mass is 9.88. The van der Waals surface area contributed by atoms with E-state index in [0.717, 1.165) is 25.1 Å². The number of anilines is 1. The van der Waals surface area contributed by atoms with Crippen molar-refractivity contribution in [3.05, 3.63) is 70.8 Å². The maximum absolute atomic E-state index is 13.0. The van der Waals surface area contributed by atoms with Crippen LogP contribution in [0.3, 0.4) is 0 Å². The first-order chi connectivity index (χ1) is 25.6. The van der Waals surface area contributed by atoms with E-state index in [9.17, 15) is 14.9 Å². The van der Waals surface area contributed by atoms with Crippen LogP contribution in [0.4, 0.5) is 34.1 Å². The van der Waals surface area contributed by atoms with Crippen molar-refractivity contribution in [2.24, 2.45) is 38.2 Å². The molecule has 0 heterocycles. The number of nitro benzene ring substituents is 1. The minimum atomic E-state index is -0.470. The average Bonchev–Trinajstić information content (AvgIpc) is 3.15. The Hall–Kier alpha value is -4.87. The zero-order valence-corrected chi connectivity index (χ0v) is 32.6. The summed E-state index contributed by atoms with van der Waals surface area (Å²) in [4.78, 5) is 25.8. The van der Waals surface area contributed by atoms with Crippen molar-refractivity contribution >= 4 is 40.1 Å². The van der Waals surface area contributed by atoms with E-state index < -0.39 is 4.92 Å². The molecule has 288 valence electrons. The molecular weight excluding hydrogens is 672 g/mol. The van der Waals surface area contributed by atoms with Crippen molar-refractivity contribution in [2.45, 2.75) is 92.4 Å². The smallest absolute Gasteiger partial charge is 0.309 e. The summed E-state index contributed by atoms with van der Waals surface area (Å²) in [6.45, 7) is 12.5. The third-order valence-electron chi connectivity index (χ3n) is 9.02. The molecule has 12 heteroatoms. The summed E-state index contributed by atoms with van der Waals surface area (Å²) in [5, 5.41) is 28.3. The number of benzene rings is 3. The monoisotopic (exact) mass is 730 g/mol. The molecule has 12 nitrogen and oxygen atoms in total. The van der Waals surface area contributed by atoms with Crippen LogP contribution in [0.15, 0.2) is 81.1 Å². The lowest BCUT2D eigenvalue weighted by molar-refractivity contribution is -0.384. The fourth-order valence-corrected chi connectivity index (χ4v) is 5.93. The summed E-state index contributed by atoms with van der Waals surface area (Å²) in [6.07, 6.45) is 10.7. The molecule has 1 atom stereocenters. The lowest BCUT2D eigenvalue weighted by Gasteiger charge is -2.26. The summed E-state index contributed by atoms with van der Waals surface area (Å²) in [5.74, 6) is 1.29. The van der Waals surface area contributed by atoms with E-state index in [-0.39, 0.29) is 23.5 Å². The molecule has 0 N–H and O–H groups in total. The Kier molecular flexibility index (Phi) is 18.4. The van der Waals surface area contributed by atoms with Gasteiger partial charge in [0.2, 0.25) is 0 Å². The van der Waals surface area contributed by atoms with Crippen molar-refractivity contribution in [3.8, 4) is 11.5 Å². The molecule has 53 heavy (non-hydrogen) atoms. The number of esters is 1. The van der Waals surface area contributed by atoms with E-state index in [0.29, 0.717) is 53.3 Å². The van der Waals surface area contributed by atoms with Crippen LogP contribution in [0, 0.1) is 27.9 Å². The van der Waals surface area contributed by atoms with Gasteiger partial charge >= 0.3 is 5.97 Å². The van der Waals surface area contributed by atoms with Crippen LogP contribution >= 0.6 is 0 Å². The standard InChI is InChI=1S/C41H58N6O6/c1-8-9-10-11-12-13-14-15-24-46(25-26-53-41(48)36(31(4)5)27-30(2)3)34-20-16-32(17-21-34)42-44-37-28-40(52-7)38(29-39(37)51-6)45-43-33-18-22-35(23-19-33)47(49)50/h16-23,28-31,36H,8-15,24-27H2,1-7H3. The number of hydrogen-bond donors (Lipinski definition) is 0. The van der Waals surface area contributed by atoms with Crippen molar-refractivity contribution < 1.29 is 23.9 Å². The van der Waals surface area contributed by atoms with Gasteiger partial charge in [-0.3, -0.25) is 14.9 Å². The molecule has 3 aromatic carbocycles. The molecule has 0 bridgehead atoms. The highest BCUT2D eigenvalue weighted by Gasteiger charge is 2.25. The van der Waals surface area contributed by atoms with Crippen LogP contribution in [0.1, 0.15) is 92.4 Å². The van der Waals surface area contributed by atoms with Gasteiger partial charge in [0.05, 0.1) is 43.0 Å². The predicted molar refractivity (Wildman–Crippen MR) is 211 cm³/mol. The van der Waals surface area contributed by atoms with Gasteiger partial charge in [-0.2, -0.15) is 10.2 Å². The summed E-state index contributed by atoms with van der Waals surface area (Å²) in [6, 6.07) is 17.0. The Bertz CT molecular complexity index is 1610. The molecule has 1 unspecified atom stereocenters. The van der Waals surface area contributed by atoms with Crippen molar-refractivity contribution in [1.29, 1.82) is 0 Å². The number of nitrogens with zero attached hydrogens (tertiary/aromatic N) is 6. The van der Waals surface area contributed by atoms with Gasteiger partial charge in [-0.1, -0.05) is 79.6 Å². The molecule has 0 aliphatic carbocycles. The van der Waals surface area contributed by atoms with Gasteiger partial charge in [0, 0.05) is 36.5 Å². The molecular formula is C41H58N6O6. The molecule has 0 spiro atoms. The highest BCUT2D eigenvalue weighted by molar-refractivity contribution is 5.72. The van der Waals surface area contributed by atoms with E-state index in [1.807, 2.05) is 24.3 Å². The summed E-state index contributed by atoms with van der Waals surface area (Å²) < 4.78 is 16.9. The molecule has 0 radical (unpaired) electrons. The second-order valence-electron chi connectivity index (χ2n) is 14.0. The van der Waals surface area contributed by atoms with E-state index >= 15 is 0 Å². The summed E-state index contributed by atoms with van der Waals surface area (Å²) in [7, 11) is 3.04. The minimum absolute atomic E-state index is 0.0290. The number of methoxy groups -OCH3 is 2. The van der Waals surface area contributed by atoms with Crippen molar-refractivity contribution in [1.82, 2.24) is 0 Å². The molecule has 0 amide bonds. The first-order valence-corrected chi connectivity index (χ1v) is 18.9. The highest BCUT2D eigenvalue weighted by Crippen LogP contribution is 2.41. The van der Waals surface area contributed by atoms with E-state index in [1.54, 1.807) is 12.1 Å². The number of unbranched alkanes of at least 4 members (excludes halogenated alkanes) is 7. The van der Waals surface area contributed by atoms with Gasteiger partial charge in [-0.15, -0.1) is 10.2 Å². The normalized spacial score (nSPS) is 12.2. The fraction of sp³-hybridized carbons (Fsp3) is 0.537. The average molecular weight is 731 g/mol. The number of nitro groups is 1. The molecule has 0 saturated heterocycles. The topological polar surface area (TPSA) is 141 Å². The number of ether oxygens (including phenoxy) is 3. The summed E-state index contributed by atoms with van der Waals surface area (Å²) in [5.41, 5.74) is 2.95. The van der Waals surface area contributed by atoms with E-state index in [4.69, 9.17) is 14.2 Å². The Morgan fingerprint density at radius 1 is 0.736 bits per heavy atom. The molecule has 3 rings (SSSR count). The number of carbonyl (C=O) groups is 1. The van der Waals surface area contributed by atoms with Gasteiger partial charge in [0.1, 0.15) is 29.5 Å². The third kappa shape index (κ3) is 14.6. The molecule has 0 aromatic heterocycles. The largest absolute Gasteiger partial charge is 0.494 e. The maximum Gasteiger partial charge on any atom is 0.309 e. The van der Waals surface area contributed by atoms with Crippen LogP contribution in [-0.4, -0.2) is 44.8 Å². The Morgan fingerprint density at radius 3 is 1.72 bits per heavy atom. The van der Waals surface area contributed by atoms with Crippen molar-refractivity contribution in [2.75, 3.05) is 38.8 Å². The number of rotatable bonds is 24. The number of carbonyl (C=O) groups excluding carboxylic acids is 1. The van der Waals surface area contributed by atoms with Crippen LogP contribution < -0.4 is 14.4 Å². The van der Waals surface area contributed by atoms with E-state index in [1.165, 1.54) is 83.4 Å². The molecule has 0 aliphatic heterocycles. The maximum atomic E-state index is 13.0. The third-order valence-corrected chi connectivity index (χ3v) is 9.02. The molecule has 3 aromatic rings. The Labute approximate surface area is 315 Å². The molecule has 0 aliphatic rings. The van der Waals surface area contributed by atoms with E-state index in [2.05, 4.69) is 60.0 Å². The second kappa shape index (κ2) is 22.9. The first kappa shape index (κ1) is 42.5. The molecule has 0 fully saturated rings. The highest BCUT2D eigenvalue weighted by atomic mass is 16.6. The number of hydrogen-bond acceptors (Lipinski definition) is 11. The minimum Gasteiger partial charge on any atom is -0.494 e. The summed E-state index contributed by atoms with van der Waals surface area (Å²) >= 11 is 0. The SMILES string of the molecule is CCCCCCCCCCN(CCOC(=O)C(CC(C)C)C(C)C)c1ccc(N=Nc2cc(OC)c(N=Nc3ccc([N+](=O)[O-])cc3)cc2OC)cc1. The fourth-order valence-electron chi connectivity index (χ4n) is 5.93. The van der Waals surface area contributed by atoms with Gasteiger partial charge in [0.15, 0.2) is 0 Å². The van der Waals surface area contributed by atoms with Gasteiger partial charge in [0.25, 0.3) is 5.69 Å². The van der Waals surface area contributed by atoms with Gasteiger partial charge in [-0.05, 0) is 61.1 Å². The van der Waals surface area contributed by atoms with Gasteiger partial charge in [-0.25, -0.2) is 0 Å². The zero-order chi connectivity index (χ0) is 38.6. The van der Waals surface area contributed by atoms with Crippen LogP contribution in [0.2, 0.25) is 0 Å². The predicted octanol–water partition coefficient (Wildman–Crippen LogP) is 12.3. The first-order valence-electron chi connectivity index (χ1n) is 18.9. The Morgan fingerprint density at radius 2 is 1.25 bits per heavy atom. The second-order valence-corrected chi connectivity index (χ2v) is 14.0. The molecule has 0 saturated carbocycles. The lowest BCUT2D eigenvalue weighted by Crippen LogP contribution is -2.31. The quantitative estimate of drug-likeness (QED) is 0.0293. The zero-order valence-electron chi connectivity index (χ0n) is 32.6. The number of azo groups is 2. The van der Waals surface area contributed by atoms with Crippen LogP contribution in [-0.2, 0) is 9.53 Å². The van der Waals surface area contributed by atoms with Gasteiger partial charge < -0.3 is 19.1 Å². The number of non-ortho nitro benzene ring substituents is 1. The Balaban J connectivity index is 1.71. The van der Waals surface area contributed by atoms with Crippen LogP contribution in [0.25, 0.3) is 0 Å².